The number of ether oxygens (including phenoxy) is 1. The zero-order valence-corrected chi connectivity index (χ0v) is 13.3. The van der Waals surface area contributed by atoms with E-state index in [4.69, 9.17) is 4.74 Å². The lowest BCUT2D eigenvalue weighted by molar-refractivity contribution is 0.0400. The number of methoxy groups -OCH3 is 1. The first-order valence-corrected chi connectivity index (χ1v) is 7.70. The molecule has 3 heterocycles. The number of rotatable bonds is 3. The van der Waals surface area contributed by atoms with Crippen LogP contribution in [0.25, 0.3) is 0 Å². The molecule has 1 aliphatic heterocycles. The van der Waals surface area contributed by atoms with Gasteiger partial charge in [0.05, 0.1) is 18.4 Å². The van der Waals surface area contributed by atoms with E-state index in [2.05, 4.69) is 9.97 Å². The standard InChI is InChI=1S/C17H18FN3O3/c1-24-13-10-15(22)20-11-12(13)16(23)21-8-5-17(18,6-9-21)14-4-2-3-7-19-14/h2-4,7,10-11H,5-6,8-9H2,1H3,(H,20,22). The number of pyridine rings is 2. The molecule has 6 nitrogen and oxygen atoms in total. The molecule has 0 unspecified atom stereocenters. The number of likely N-dealkylation sites (tertiary alicyclic amines) is 1. The molecule has 126 valence electrons. The molecule has 1 aliphatic rings. The van der Waals surface area contributed by atoms with Crippen LogP contribution in [-0.2, 0) is 5.67 Å². The summed E-state index contributed by atoms with van der Waals surface area (Å²) in [5.41, 5.74) is -1.20. The highest BCUT2D eigenvalue weighted by atomic mass is 19.1. The quantitative estimate of drug-likeness (QED) is 0.932. The summed E-state index contributed by atoms with van der Waals surface area (Å²) in [6.45, 7) is 0.544. The number of nitrogens with zero attached hydrogens (tertiary/aromatic N) is 2. The van der Waals surface area contributed by atoms with E-state index in [-0.39, 0.29) is 48.7 Å². The number of H-pyrrole nitrogens is 1. The first kappa shape index (κ1) is 16.2. The highest BCUT2D eigenvalue weighted by Crippen LogP contribution is 2.36. The van der Waals surface area contributed by atoms with Crippen molar-refractivity contribution in [1.82, 2.24) is 14.9 Å². The second kappa shape index (κ2) is 6.43. The lowest BCUT2D eigenvalue weighted by atomic mass is 9.89. The fourth-order valence-electron chi connectivity index (χ4n) is 2.91. The average molecular weight is 331 g/mol. The van der Waals surface area contributed by atoms with E-state index in [0.717, 1.165) is 0 Å². The molecule has 2 aromatic rings. The average Bonchev–Trinajstić information content (AvgIpc) is 2.62. The van der Waals surface area contributed by atoms with Crippen molar-refractivity contribution in [2.45, 2.75) is 18.5 Å². The highest BCUT2D eigenvalue weighted by Gasteiger charge is 2.39. The van der Waals surface area contributed by atoms with Crippen molar-refractivity contribution in [3.63, 3.8) is 0 Å². The van der Waals surface area contributed by atoms with Crippen LogP contribution in [0.15, 0.2) is 41.5 Å². The normalized spacial score (nSPS) is 16.7. The molecule has 0 atom stereocenters. The van der Waals surface area contributed by atoms with Crippen LogP contribution >= 0.6 is 0 Å². The Hall–Kier alpha value is -2.70. The fourth-order valence-corrected chi connectivity index (χ4v) is 2.91. The number of aromatic amines is 1. The van der Waals surface area contributed by atoms with E-state index in [0.29, 0.717) is 5.69 Å². The molecule has 0 aromatic carbocycles. The van der Waals surface area contributed by atoms with Gasteiger partial charge in [0.2, 0.25) is 0 Å². The second-order valence-electron chi connectivity index (χ2n) is 5.75. The molecular formula is C17H18FN3O3. The molecule has 1 fully saturated rings. The van der Waals surface area contributed by atoms with Gasteiger partial charge in [0.1, 0.15) is 5.75 Å². The van der Waals surface area contributed by atoms with Crippen LogP contribution < -0.4 is 10.3 Å². The van der Waals surface area contributed by atoms with Gasteiger partial charge in [0.25, 0.3) is 11.5 Å². The molecule has 1 N–H and O–H groups in total. The minimum atomic E-state index is -1.52. The summed E-state index contributed by atoms with van der Waals surface area (Å²) in [6.07, 6.45) is 3.27. The molecule has 0 spiro atoms. The predicted octanol–water partition coefficient (Wildman–Crippen LogP) is 1.88. The van der Waals surface area contributed by atoms with Crippen molar-refractivity contribution in [2.75, 3.05) is 20.2 Å². The Bertz CT molecular complexity index is 783. The maximum absolute atomic E-state index is 15.1. The Morgan fingerprint density at radius 2 is 2.12 bits per heavy atom. The number of carbonyl (C=O) groups excluding carboxylic acids is 1. The smallest absolute Gasteiger partial charge is 0.259 e. The second-order valence-corrected chi connectivity index (χ2v) is 5.75. The summed E-state index contributed by atoms with van der Waals surface area (Å²) in [4.78, 5) is 32.1. The minimum Gasteiger partial charge on any atom is -0.496 e. The number of hydrogen-bond acceptors (Lipinski definition) is 4. The third kappa shape index (κ3) is 3.02. The molecule has 0 radical (unpaired) electrons. The van der Waals surface area contributed by atoms with Crippen molar-refractivity contribution in [3.05, 3.63) is 58.3 Å². The van der Waals surface area contributed by atoms with Gasteiger partial charge in [-0.3, -0.25) is 14.6 Å². The van der Waals surface area contributed by atoms with Crippen LogP contribution in [0.1, 0.15) is 28.9 Å². The first-order chi connectivity index (χ1) is 11.5. The molecular weight excluding hydrogens is 313 g/mol. The van der Waals surface area contributed by atoms with Gasteiger partial charge >= 0.3 is 0 Å². The van der Waals surface area contributed by atoms with Crippen molar-refractivity contribution < 1.29 is 13.9 Å². The van der Waals surface area contributed by atoms with Gasteiger partial charge in [-0.05, 0) is 12.1 Å². The Kier molecular flexibility index (Phi) is 4.33. The number of piperidine rings is 1. The van der Waals surface area contributed by atoms with E-state index in [1.54, 1.807) is 29.3 Å². The van der Waals surface area contributed by atoms with E-state index in [1.165, 1.54) is 19.4 Å². The summed E-state index contributed by atoms with van der Waals surface area (Å²) >= 11 is 0. The number of aromatic nitrogens is 2. The first-order valence-electron chi connectivity index (χ1n) is 7.70. The number of nitrogens with one attached hydrogen (secondary N) is 1. The molecule has 2 aromatic heterocycles. The summed E-state index contributed by atoms with van der Waals surface area (Å²) in [6, 6.07) is 6.40. The molecule has 0 aliphatic carbocycles. The topological polar surface area (TPSA) is 75.3 Å². The van der Waals surface area contributed by atoms with Crippen LogP contribution in [0.2, 0.25) is 0 Å². The van der Waals surface area contributed by atoms with Gasteiger partial charge in [0, 0.05) is 44.4 Å². The SMILES string of the molecule is COc1cc(=O)[nH]cc1C(=O)N1CCC(F)(c2ccccn2)CC1. The monoisotopic (exact) mass is 331 g/mol. The van der Waals surface area contributed by atoms with Gasteiger partial charge in [-0.25, -0.2) is 4.39 Å². The fraction of sp³-hybridized carbons (Fsp3) is 0.353. The molecule has 24 heavy (non-hydrogen) atoms. The Balaban J connectivity index is 1.75. The van der Waals surface area contributed by atoms with Crippen molar-refractivity contribution in [1.29, 1.82) is 0 Å². The van der Waals surface area contributed by atoms with Crippen LogP contribution in [0.3, 0.4) is 0 Å². The molecule has 0 bridgehead atoms. The number of carbonyl (C=O) groups is 1. The maximum atomic E-state index is 15.1. The van der Waals surface area contributed by atoms with Gasteiger partial charge < -0.3 is 14.6 Å². The summed E-state index contributed by atoms with van der Waals surface area (Å²) in [5, 5.41) is 0. The van der Waals surface area contributed by atoms with Crippen molar-refractivity contribution in [2.24, 2.45) is 0 Å². The minimum absolute atomic E-state index is 0.182. The van der Waals surface area contributed by atoms with Crippen LogP contribution in [0.4, 0.5) is 4.39 Å². The third-order valence-electron chi connectivity index (χ3n) is 4.30. The maximum Gasteiger partial charge on any atom is 0.259 e. The van der Waals surface area contributed by atoms with Crippen molar-refractivity contribution in [3.8, 4) is 5.75 Å². The Morgan fingerprint density at radius 3 is 2.75 bits per heavy atom. The molecule has 3 rings (SSSR count). The number of hydrogen-bond donors (Lipinski definition) is 1. The molecule has 7 heteroatoms. The van der Waals surface area contributed by atoms with Crippen molar-refractivity contribution >= 4 is 5.91 Å². The van der Waals surface area contributed by atoms with Crippen LogP contribution in [0, 0.1) is 0 Å². The van der Waals surface area contributed by atoms with E-state index in [1.807, 2.05) is 0 Å². The zero-order chi connectivity index (χ0) is 17.2. The third-order valence-corrected chi connectivity index (χ3v) is 4.30. The van der Waals surface area contributed by atoms with E-state index in [9.17, 15) is 9.59 Å². The molecule has 1 saturated heterocycles. The summed E-state index contributed by atoms with van der Waals surface area (Å²) in [7, 11) is 1.40. The number of halogens is 1. The zero-order valence-electron chi connectivity index (χ0n) is 13.3. The van der Waals surface area contributed by atoms with Gasteiger partial charge in [-0.2, -0.15) is 0 Å². The largest absolute Gasteiger partial charge is 0.496 e. The van der Waals surface area contributed by atoms with Gasteiger partial charge in [0.15, 0.2) is 5.67 Å². The predicted molar refractivity (Wildman–Crippen MR) is 85.8 cm³/mol. The van der Waals surface area contributed by atoms with E-state index < -0.39 is 5.67 Å². The Labute approximate surface area is 138 Å². The van der Waals surface area contributed by atoms with Gasteiger partial charge in [-0.15, -0.1) is 0 Å². The van der Waals surface area contributed by atoms with Crippen LogP contribution in [-0.4, -0.2) is 41.0 Å². The molecule has 1 amide bonds. The Morgan fingerprint density at radius 1 is 1.38 bits per heavy atom. The highest BCUT2D eigenvalue weighted by molar-refractivity contribution is 5.96. The summed E-state index contributed by atoms with van der Waals surface area (Å²) in [5.74, 6) is -0.0725. The van der Waals surface area contributed by atoms with Crippen LogP contribution in [0.5, 0.6) is 5.75 Å². The number of alkyl halides is 1. The number of amides is 1. The summed E-state index contributed by atoms with van der Waals surface area (Å²) < 4.78 is 20.2. The lowest BCUT2D eigenvalue weighted by Crippen LogP contribution is -2.43. The molecule has 0 saturated carbocycles. The van der Waals surface area contributed by atoms with Gasteiger partial charge in [-0.1, -0.05) is 6.07 Å². The lowest BCUT2D eigenvalue weighted by Gasteiger charge is -2.36. The van der Waals surface area contributed by atoms with E-state index >= 15 is 4.39 Å².